The Bertz CT molecular complexity index is 787. The van der Waals surface area contributed by atoms with Crippen LogP contribution in [0.2, 0.25) is 51.4 Å². The summed E-state index contributed by atoms with van der Waals surface area (Å²) in [6.07, 6.45) is 6.03. The summed E-state index contributed by atoms with van der Waals surface area (Å²) in [7, 11) is -7.97. The van der Waals surface area contributed by atoms with Crippen molar-refractivity contribution in [1.82, 2.24) is 0 Å². The number of rotatable bonds is 8. The molecule has 10 heteroatoms. The first-order chi connectivity index (χ1) is 16.2. The van der Waals surface area contributed by atoms with Crippen molar-refractivity contribution in [3.8, 4) is 0 Å². The average molecular weight is 573 g/mol. The van der Waals surface area contributed by atoms with Crippen LogP contribution in [0.4, 0.5) is 0 Å². The van der Waals surface area contributed by atoms with E-state index in [0.717, 1.165) is 37.8 Å². The van der Waals surface area contributed by atoms with Gasteiger partial charge in [-0.05, 0) is 79.6 Å². The van der Waals surface area contributed by atoms with Crippen LogP contribution in [0.5, 0.6) is 0 Å². The van der Waals surface area contributed by atoms with E-state index < -0.39 is 42.8 Å². The second-order valence-corrected chi connectivity index (χ2v) is 42.1. The molecule has 6 nitrogen and oxygen atoms in total. The van der Waals surface area contributed by atoms with Gasteiger partial charge in [-0.2, -0.15) is 0 Å². The van der Waals surface area contributed by atoms with Gasteiger partial charge in [0.25, 0.3) is 0 Å². The minimum atomic E-state index is -2.01. The lowest BCUT2D eigenvalue weighted by molar-refractivity contribution is -0.142. The zero-order valence-electron chi connectivity index (χ0n) is 25.0. The van der Waals surface area contributed by atoms with Gasteiger partial charge in [-0.3, -0.25) is 0 Å². The van der Waals surface area contributed by atoms with Gasteiger partial charge in [0.1, 0.15) is 15.2 Å². The lowest BCUT2D eigenvalue weighted by Crippen LogP contribution is -2.71. The lowest BCUT2D eigenvalue weighted by atomic mass is 10.1. The number of hydrogen-bond acceptors (Lipinski definition) is 6. The highest BCUT2D eigenvalue weighted by atomic mass is 29.3. The summed E-state index contributed by atoms with van der Waals surface area (Å²) in [5, 5.41) is 0. The van der Waals surface area contributed by atoms with Crippen molar-refractivity contribution in [1.29, 1.82) is 0 Å². The second-order valence-electron chi connectivity index (χ2n) is 13.6. The first kappa shape index (κ1) is 31.7. The fourth-order valence-electron chi connectivity index (χ4n) is 6.36. The fraction of sp³-hybridized carbons (Fsp3) is 0.846. The molecule has 4 atom stereocenters. The molecule has 2 fully saturated rings. The Morgan fingerprint density at radius 2 is 1.03 bits per heavy atom. The van der Waals surface area contributed by atoms with Gasteiger partial charge in [0, 0.05) is 12.2 Å². The van der Waals surface area contributed by atoms with E-state index in [0.29, 0.717) is 0 Å². The molecule has 0 amide bonds. The van der Waals surface area contributed by atoms with Crippen LogP contribution in [0.1, 0.15) is 67.2 Å². The van der Waals surface area contributed by atoms with Gasteiger partial charge in [-0.25, -0.2) is 9.59 Å². The Kier molecular flexibility index (Phi) is 9.61. The number of ether oxygens (including phenoxy) is 2. The Balaban J connectivity index is 2.07. The zero-order chi connectivity index (χ0) is 27.8. The van der Waals surface area contributed by atoms with E-state index in [-0.39, 0.29) is 22.7 Å². The highest BCUT2D eigenvalue weighted by Crippen LogP contribution is 2.43. The van der Waals surface area contributed by atoms with Crippen LogP contribution < -0.4 is 0 Å². The van der Waals surface area contributed by atoms with Crippen LogP contribution in [0, 0.1) is 0 Å². The third-order valence-electron chi connectivity index (χ3n) is 9.34. The molecule has 0 aliphatic carbocycles. The van der Waals surface area contributed by atoms with E-state index in [1.165, 1.54) is 12.2 Å². The van der Waals surface area contributed by atoms with Gasteiger partial charge >= 0.3 is 11.9 Å². The molecule has 0 aromatic heterocycles. The van der Waals surface area contributed by atoms with Crippen LogP contribution in [0.25, 0.3) is 0 Å². The van der Waals surface area contributed by atoms with Crippen molar-refractivity contribution in [3.63, 3.8) is 0 Å². The predicted molar refractivity (Wildman–Crippen MR) is 157 cm³/mol. The van der Waals surface area contributed by atoms with E-state index in [2.05, 4.69) is 80.8 Å². The third-order valence-corrected chi connectivity index (χ3v) is 44.0. The van der Waals surface area contributed by atoms with Crippen LogP contribution >= 0.6 is 0 Å². The maximum atomic E-state index is 12.8. The van der Waals surface area contributed by atoms with Gasteiger partial charge in [-0.15, -0.1) is 0 Å². The van der Waals surface area contributed by atoms with Crippen LogP contribution in [-0.2, 0) is 27.9 Å². The average Bonchev–Trinajstić information content (AvgIpc) is 2.73. The summed E-state index contributed by atoms with van der Waals surface area (Å²) in [5.74, 6) is -0.924. The molecule has 0 saturated carbocycles. The molecule has 2 rings (SSSR count). The maximum Gasteiger partial charge on any atom is 0.330 e. The second kappa shape index (κ2) is 10.9. The number of carbonyl (C=O) groups is 2. The molecule has 2 aliphatic heterocycles. The number of carbonyl (C=O) groups excluding carboxylic acids is 2. The molecule has 0 aromatic rings. The van der Waals surface area contributed by atoms with Crippen molar-refractivity contribution in [2.45, 2.75) is 141 Å². The molecule has 4 unspecified atom stereocenters. The SMILES string of the molecule is CCC(OC(=O)C=CC(=O)OC(CC)[Si]1(C)CCC(C)(C)O[Si]1(C)C)[Si]1(C)CCC(C)(C)O[Si]1(C)C. The summed E-state index contributed by atoms with van der Waals surface area (Å²) in [6.45, 7) is 26.6. The molecule has 0 spiro atoms. The largest absolute Gasteiger partial charge is 0.463 e. The Hall–Kier alpha value is -0.532. The van der Waals surface area contributed by atoms with E-state index >= 15 is 0 Å². The van der Waals surface area contributed by atoms with Gasteiger partial charge < -0.3 is 18.3 Å². The fourth-order valence-corrected chi connectivity index (χ4v) is 31.6. The van der Waals surface area contributed by atoms with Crippen LogP contribution in [0.15, 0.2) is 12.2 Å². The molecule has 0 bridgehead atoms. The molecule has 36 heavy (non-hydrogen) atoms. The predicted octanol–water partition coefficient (Wildman–Crippen LogP) is 6.39. The van der Waals surface area contributed by atoms with E-state index in [1.807, 2.05) is 0 Å². The molecule has 0 aromatic carbocycles. The maximum absolute atomic E-state index is 12.8. The minimum Gasteiger partial charge on any atom is -0.463 e. The molecular formula is C26H52O6Si4. The van der Waals surface area contributed by atoms with Gasteiger partial charge in [0.15, 0.2) is 15.7 Å². The van der Waals surface area contributed by atoms with E-state index in [4.69, 9.17) is 18.3 Å². The molecule has 208 valence electrons. The van der Waals surface area contributed by atoms with Crippen molar-refractivity contribution < 1.29 is 27.9 Å². The first-order valence-corrected chi connectivity index (χ1v) is 27.1. The molecule has 2 heterocycles. The first-order valence-electron chi connectivity index (χ1n) is 13.7. The summed E-state index contributed by atoms with van der Waals surface area (Å²) in [4.78, 5) is 25.6. The number of esters is 2. The van der Waals surface area contributed by atoms with Gasteiger partial charge in [-0.1, -0.05) is 39.0 Å². The molecule has 0 radical (unpaired) electrons. The van der Waals surface area contributed by atoms with E-state index in [1.54, 1.807) is 0 Å². The Morgan fingerprint density at radius 1 is 0.722 bits per heavy atom. The normalized spacial score (nSPS) is 32.4. The summed E-state index contributed by atoms with van der Waals surface area (Å²) >= 11 is 0. The van der Waals surface area contributed by atoms with Crippen molar-refractivity contribution in [2.75, 3.05) is 0 Å². The molecule has 2 aliphatic rings. The van der Waals surface area contributed by atoms with E-state index in [9.17, 15) is 9.59 Å². The van der Waals surface area contributed by atoms with Gasteiger partial charge in [0.2, 0.25) is 0 Å². The summed E-state index contributed by atoms with van der Waals surface area (Å²) in [6, 6.07) is 2.19. The van der Waals surface area contributed by atoms with Crippen molar-refractivity contribution in [2.24, 2.45) is 0 Å². The zero-order valence-corrected chi connectivity index (χ0v) is 29.0. The summed E-state index contributed by atoms with van der Waals surface area (Å²) in [5.41, 5.74) is -0.457. The Morgan fingerprint density at radius 3 is 1.28 bits per heavy atom. The molecular weight excluding hydrogens is 521 g/mol. The highest BCUT2D eigenvalue weighted by molar-refractivity contribution is 7.40. The quantitative estimate of drug-likeness (QED) is 0.191. The lowest BCUT2D eigenvalue weighted by Gasteiger charge is -2.53. The smallest absolute Gasteiger partial charge is 0.330 e. The minimum absolute atomic E-state index is 0.111. The third kappa shape index (κ3) is 6.72. The molecule has 2 saturated heterocycles. The number of hydrogen-bond donors (Lipinski definition) is 0. The summed E-state index contributed by atoms with van der Waals surface area (Å²) < 4.78 is 25.2. The standard InChI is InChI=1S/C26H52O6Si4/c1-13-23(35(11)19-17-25(3,4)31-33(35,7)8)29-21(27)15-16-22(28)30-24(14-2)36(12)20-18-26(5,6)32-34(36,9)10/h15-16,23-24H,13-14,17-20H2,1-12H3. The monoisotopic (exact) mass is 572 g/mol. The van der Waals surface area contributed by atoms with Gasteiger partial charge in [0.05, 0.1) is 22.7 Å². The Labute approximate surface area is 223 Å². The molecule has 0 N–H and O–H groups in total. The van der Waals surface area contributed by atoms with Crippen molar-refractivity contribution in [3.05, 3.63) is 12.2 Å². The van der Waals surface area contributed by atoms with Crippen LogP contribution in [-0.4, -0.2) is 65.4 Å². The van der Waals surface area contributed by atoms with Crippen molar-refractivity contribution >= 4 is 42.8 Å². The highest BCUT2D eigenvalue weighted by Gasteiger charge is 2.59. The van der Waals surface area contributed by atoms with Crippen LogP contribution in [0.3, 0.4) is 0 Å². The topological polar surface area (TPSA) is 71.1 Å².